The lowest BCUT2D eigenvalue weighted by Crippen LogP contribution is -2.36. The second-order valence-corrected chi connectivity index (χ2v) is 6.32. The van der Waals surface area contributed by atoms with E-state index in [-0.39, 0.29) is 17.9 Å². The van der Waals surface area contributed by atoms with Gasteiger partial charge in [-0.1, -0.05) is 42.5 Å². The quantitative estimate of drug-likeness (QED) is 0.848. The molecule has 0 spiro atoms. The van der Waals surface area contributed by atoms with Gasteiger partial charge in [-0.15, -0.1) is 0 Å². The van der Waals surface area contributed by atoms with Crippen molar-refractivity contribution in [2.45, 2.75) is 25.3 Å². The van der Waals surface area contributed by atoms with Crippen LogP contribution < -0.4 is 0 Å². The fourth-order valence-corrected chi connectivity index (χ4v) is 3.86. The third-order valence-electron chi connectivity index (χ3n) is 5.00. The topological polar surface area (TPSA) is 29.5 Å². The van der Waals surface area contributed by atoms with Gasteiger partial charge in [0.1, 0.15) is 0 Å². The van der Waals surface area contributed by atoms with Crippen LogP contribution in [0.5, 0.6) is 0 Å². The molecule has 4 rings (SSSR count). The molecule has 2 heterocycles. The summed E-state index contributed by atoms with van der Waals surface area (Å²) in [5.41, 5.74) is 1.29. The zero-order valence-corrected chi connectivity index (χ0v) is 12.7. The minimum Gasteiger partial charge on any atom is -0.381 e. The third kappa shape index (κ3) is 2.30. The van der Waals surface area contributed by atoms with Crippen molar-refractivity contribution in [2.75, 3.05) is 19.8 Å². The number of carbonyl (C=O) groups is 1. The monoisotopic (exact) mass is 295 g/mol. The van der Waals surface area contributed by atoms with E-state index in [1.807, 2.05) is 0 Å². The number of likely N-dealkylation sites (tertiary alicyclic amines) is 1. The smallest absolute Gasteiger partial charge is 0.228 e. The van der Waals surface area contributed by atoms with Crippen molar-refractivity contribution in [3.05, 3.63) is 48.0 Å². The molecule has 3 heteroatoms. The highest BCUT2D eigenvalue weighted by molar-refractivity contribution is 5.87. The van der Waals surface area contributed by atoms with Crippen molar-refractivity contribution < 1.29 is 9.53 Å². The Kier molecular flexibility index (Phi) is 3.59. The van der Waals surface area contributed by atoms with Gasteiger partial charge in [0.2, 0.25) is 5.91 Å². The van der Waals surface area contributed by atoms with E-state index in [0.717, 1.165) is 32.4 Å². The van der Waals surface area contributed by atoms with Crippen molar-refractivity contribution in [3.63, 3.8) is 0 Å². The van der Waals surface area contributed by atoms with Crippen LogP contribution >= 0.6 is 0 Å². The summed E-state index contributed by atoms with van der Waals surface area (Å²) < 4.78 is 5.40. The summed E-state index contributed by atoms with van der Waals surface area (Å²) in [5, 5.41) is 2.53. The second kappa shape index (κ2) is 5.73. The number of hydrogen-bond acceptors (Lipinski definition) is 2. The molecule has 0 saturated carbocycles. The number of nitrogens with zero attached hydrogens (tertiary/aromatic N) is 1. The number of hydrogen-bond donors (Lipinski definition) is 0. The number of ether oxygens (including phenoxy) is 1. The Morgan fingerprint density at radius 2 is 1.95 bits per heavy atom. The molecule has 2 fully saturated rings. The van der Waals surface area contributed by atoms with Crippen molar-refractivity contribution in [1.29, 1.82) is 0 Å². The molecule has 2 saturated heterocycles. The van der Waals surface area contributed by atoms with Gasteiger partial charge < -0.3 is 9.64 Å². The maximum atomic E-state index is 12.8. The summed E-state index contributed by atoms with van der Waals surface area (Å²) >= 11 is 0. The highest BCUT2D eigenvalue weighted by Crippen LogP contribution is 2.37. The molecule has 2 aromatic rings. The van der Waals surface area contributed by atoms with Crippen molar-refractivity contribution in [3.8, 4) is 0 Å². The molecular formula is C19H21NO2. The van der Waals surface area contributed by atoms with Crippen LogP contribution in [-0.2, 0) is 9.53 Å². The van der Waals surface area contributed by atoms with Gasteiger partial charge in [0.05, 0.1) is 18.6 Å². The van der Waals surface area contributed by atoms with E-state index in [0.29, 0.717) is 6.61 Å². The molecule has 22 heavy (non-hydrogen) atoms. The molecule has 0 N–H and O–H groups in total. The minimum absolute atomic E-state index is 0.0653. The predicted molar refractivity (Wildman–Crippen MR) is 86.6 cm³/mol. The van der Waals surface area contributed by atoms with E-state index < -0.39 is 0 Å². The summed E-state index contributed by atoms with van der Waals surface area (Å²) in [4.78, 5) is 14.9. The molecule has 2 aromatic carbocycles. The van der Waals surface area contributed by atoms with Gasteiger partial charge in [-0.3, -0.25) is 4.79 Å². The van der Waals surface area contributed by atoms with Crippen molar-refractivity contribution in [2.24, 2.45) is 5.92 Å². The molecule has 2 unspecified atom stereocenters. The third-order valence-corrected chi connectivity index (χ3v) is 5.00. The van der Waals surface area contributed by atoms with Crippen LogP contribution in [0.4, 0.5) is 0 Å². The van der Waals surface area contributed by atoms with Gasteiger partial charge in [0.25, 0.3) is 0 Å². The van der Waals surface area contributed by atoms with Gasteiger partial charge in [-0.2, -0.15) is 0 Å². The maximum absolute atomic E-state index is 12.8. The lowest BCUT2D eigenvalue weighted by atomic mass is 9.96. The molecule has 0 bridgehead atoms. The van der Waals surface area contributed by atoms with Gasteiger partial charge >= 0.3 is 0 Å². The Balaban J connectivity index is 1.69. The molecule has 3 nitrogen and oxygen atoms in total. The number of fused-ring (bicyclic) bond motifs is 1. The van der Waals surface area contributed by atoms with Gasteiger partial charge in [0, 0.05) is 13.2 Å². The first-order valence-corrected chi connectivity index (χ1v) is 8.20. The Hall–Kier alpha value is -1.87. The van der Waals surface area contributed by atoms with E-state index in [4.69, 9.17) is 4.74 Å². The van der Waals surface area contributed by atoms with E-state index in [9.17, 15) is 4.79 Å². The molecule has 2 aliphatic rings. The largest absolute Gasteiger partial charge is 0.381 e. The van der Waals surface area contributed by atoms with Crippen LogP contribution in [0.15, 0.2) is 42.5 Å². The predicted octanol–water partition coefficient (Wildman–Crippen LogP) is 3.54. The molecule has 0 aliphatic carbocycles. The lowest BCUT2D eigenvalue weighted by Gasteiger charge is -2.28. The van der Waals surface area contributed by atoms with Crippen LogP contribution in [0.3, 0.4) is 0 Å². The second-order valence-electron chi connectivity index (χ2n) is 6.32. The van der Waals surface area contributed by atoms with Gasteiger partial charge in [0.15, 0.2) is 0 Å². The molecule has 1 amide bonds. The Morgan fingerprint density at radius 3 is 2.82 bits per heavy atom. The number of rotatable bonds is 2. The Labute approximate surface area is 130 Å². The van der Waals surface area contributed by atoms with Crippen LogP contribution in [0.1, 0.15) is 30.9 Å². The average Bonchev–Trinajstić information content (AvgIpc) is 3.25. The van der Waals surface area contributed by atoms with Gasteiger partial charge in [-0.05, 0) is 35.6 Å². The van der Waals surface area contributed by atoms with Crippen LogP contribution in [0.25, 0.3) is 10.8 Å². The number of carbonyl (C=O) groups excluding carboxylic acids is 1. The van der Waals surface area contributed by atoms with E-state index in [1.54, 1.807) is 0 Å². The summed E-state index contributed by atoms with van der Waals surface area (Å²) in [6.07, 6.45) is 3.03. The normalized spacial score (nSPS) is 25.0. The lowest BCUT2D eigenvalue weighted by molar-refractivity contribution is -0.136. The molecule has 0 radical (unpaired) electrons. The van der Waals surface area contributed by atoms with E-state index >= 15 is 0 Å². The molecule has 2 aliphatic heterocycles. The molecular weight excluding hydrogens is 274 g/mol. The molecule has 114 valence electrons. The zero-order valence-electron chi connectivity index (χ0n) is 12.7. The summed E-state index contributed by atoms with van der Waals surface area (Å²) in [5.74, 6) is 0.350. The zero-order chi connectivity index (χ0) is 14.9. The average molecular weight is 295 g/mol. The molecule has 0 aromatic heterocycles. The fourth-order valence-electron chi connectivity index (χ4n) is 3.86. The highest BCUT2D eigenvalue weighted by Gasteiger charge is 2.35. The fraction of sp³-hybridized carbons (Fsp3) is 0.421. The first-order valence-electron chi connectivity index (χ1n) is 8.20. The summed E-state index contributed by atoms with van der Waals surface area (Å²) in [6.45, 7) is 2.20. The SMILES string of the molecule is O=C(C1CCOC1)N1CCCC1c1cccc2ccccc12. The van der Waals surface area contributed by atoms with Gasteiger partial charge in [-0.25, -0.2) is 0 Å². The van der Waals surface area contributed by atoms with Crippen LogP contribution in [0.2, 0.25) is 0 Å². The van der Waals surface area contributed by atoms with Crippen molar-refractivity contribution >= 4 is 16.7 Å². The summed E-state index contributed by atoms with van der Waals surface area (Å²) in [6, 6.07) is 15.1. The highest BCUT2D eigenvalue weighted by atomic mass is 16.5. The van der Waals surface area contributed by atoms with Crippen LogP contribution in [0, 0.1) is 5.92 Å². The number of amides is 1. The Morgan fingerprint density at radius 1 is 1.09 bits per heavy atom. The minimum atomic E-state index is 0.0653. The maximum Gasteiger partial charge on any atom is 0.228 e. The standard InChI is InChI=1S/C19H21NO2/c21-19(15-10-12-22-13-15)20-11-4-9-18(20)17-8-3-6-14-5-1-2-7-16(14)17/h1-3,5-8,15,18H,4,9-13H2. The molecule has 2 atom stereocenters. The number of benzene rings is 2. The first-order chi connectivity index (χ1) is 10.8. The summed E-state index contributed by atoms with van der Waals surface area (Å²) in [7, 11) is 0. The Bertz CT molecular complexity index is 685. The van der Waals surface area contributed by atoms with Crippen LogP contribution in [-0.4, -0.2) is 30.6 Å². The van der Waals surface area contributed by atoms with E-state index in [2.05, 4.69) is 47.4 Å². The first kappa shape index (κ1) is 13.8. The van der Waals surface area contributed by atoms with Crippen molar-refractivity contribution in [1.82, 2.24) is 4.90 Å². The van der Waals surface area contributed by atoms with E-state index in [1.165, 1.54) is 16.3 Å².